The molecular formula is C20H28N4O4. The van der Waals surface area contributed by atoms with Gasteiger partial charge in [-0.25, -0.2) is 4.79 Å². The molecule has 1 amide bonds. The van der Waals surface area contributed by atoms with Gasteiger partial charge in [0.2, 0.25) is 5.91 Å². The van der Waals surface area contributed by atoms with Gasteiger partial charge in [-0.1, -0.05) is 26.0 Å². The van der Waals surface area contributed by atoms with Gasteiger partial charge in [0.05, 0.1) is 24.1 Å². The average Bonchev–Trinajstić information content (AvgIpc) is 2.69. The molecule has 2 heterocycles. The molecule has 2 N–H and O–H groups in total. The molecule has 1 aromatic heterocycles. The molecule has 8 heteroatoms. The number of aromatic amines is 1. The van der Waals surface area contributed by atoms with Gasteiger partial charge >= 0.3 is 5.69 Å². The summed E-state index contributed by atoms with van der Waals surface area (Å²) in [7, 11) is 0. The van der Waals surface area contributed by atoms with Crippen LogP contribution in [0.5, 0.6) is 0 Å². The van der Waals surface area contributed by atoms with Crippen molar-refractivity contribution in [3.05, 3.63) is 45.1 Å². The Labute approximate surface area is 163 Å². The fourth-order valence-electron chi connectivity index (χ4n) is 3.68. The normalized spacial score (nSPS) is 16.4. The number of para-hydroxylation sites is 1. The van der Waals surface area contributed by atoms with E-state index in [0.29, 0.717) is 36.6 Å². The number of carbonyl (C=O) groups excluding carboxylic acids is 1. The van der Waals surface area contributed by atoms with E-state index in [1.807, 2.05) is 0 Å². The van der Waals surface area contributed by atoms with Crippen molar-refractivity contribution in [3.63, 3.8) is 0 Å². The topological polar surface area (TPSA) is 96.4 Å². The zero-order valence-electron chi connectivity index (χ0n) is 16.4. The van der Waals surface area contributed by atoms with E-state index in [1.54, 1.807) is 24.3 Å². The van der Waals surface area contributed by atoms with Crippen LogP contribution in [0.3, 0.4) is 0 Å². The van der Waals surface area contributed by atoms with E-state index in [0.717, 1.165) is 19.5 Å². The van der Waals surface area contributed by atoms with Gasteiger partial charge in [0, 0.05) is 25.7 Å². The Bertz CT molecular complexity index is 928. The van der Waals surface area contributed by atoms with Crippen molar-refractivity contribution in [1.29, 1.82) is 0 Å². The number of nitrogens with one attached hydrogen (secondary N) is 2. The smallest absolute Gasteiger partial charge is 0.329 e. The highest BCUT2D eigenvalue weighted by Gasteiger charge is 2.22. The van der Waals surface area contributed by atoms with E-state index in [9.17, 15) is 14.4 Å². The minimum atomic E-state index is -0.578. The summed E-state index contributed by atoms with van der Waals surface area (Å²) >= 11 is 0. The molecule has 28 heavy (non-hydrogen) atoms. The lowest BCUT2D eigenvalue weighted by molar-refractivity contribution is -0.122. The summed E-state index contributed by atoms with van der Waals surface area (Å²) in [5, 5.41) is 3.36. The predicted molar refractivity (Wildman–Crippen MR) is 107 cm³/mol. The van der Waals surface area contributed by atoms with Crippen LogP contribution in [0.2, 0.25) is 0 Å². The highest BCUT2D eigenvalue weighted by atomic mass is 16.5. The zero-order valence-corrected chi connectivity index (χ0v) is 16.4. The number of H-pyrrole nitrogens is 1. The Balaban J connectivity index is 1.70. The van der Waals surface area contributed by atoms with Crippen LogP contribution in [0.1, 0.15) is 20.3 Å². The summed E-state index contributed by atoms with van der Waals surface area (Å²) in [4.78, 5) is 41.4. The van der Waals surface area contributed by atoms with Gasteiger partial charge in [-0.15, -0.1) is 0 Å². The number of hydrogen-bond donors (Lipinski definition) is 2. The monoisotopic (exact) mass is 388 g/mol. The number of carbonyl (C=O) groups is 1. The summed E-state index contributed by atoms with van der Waals surface area (Å²) in [6.45, 7) is 7.86. The summed E-state index contributed by atoms with van der Waals surface area (Å²) < 4.78 is 6.73. The third-order valence-corrected chi connectivity index (χ3v) is 5.05. The van der Waals surface area contributed by atoms with E-state index < -0.39 is 11.2 Å². The number of hydrogen-bond acceptors (Lipinski definition) is 5. The highest BCUT2D eigenvalue weighted by molar-refractivity contribution is 5.81. The molecule has 1 fully saturated rings. The second kappa shape index (κ2) is 9.16. The molecule has 1 aromatic carbocycles. The molecule has 0 radical (unpaired) electrons. The van der Waals surface area contributed by atoms with E-state index in [1.165, 1.54) is 4.57 Å². The van der Waals surface area contributed by atoms with E-state index in [4.69, 9.17) is 4.74 Å². The van der Waals surface area contributed by atoms with E-state index in [-0.39, 0.29) is 18.5 Å². The van der Waals surface area contributed by atoms with Gasteiger partial charge in [0.25, 0.3) is 5.56 Å². The van der Waals surface area contributed by atoms with Crippen molar-refractivity contribution in [1.82, 2.24) is 19.8 Å². The van der Waals surface area contributed by atoms with Crippen molar-refractivity contribution >= 4 is 16.8 Å². The maximum Gasteiger partial charge on any atom is 0.329 e. The SMILES string of the molecule is CC(C)CC(CNC(=O)Cn1c(=O)[nH]c(=O)c2ccccc21)N1CCOCC1. The van der Waals surface area contributed by atoms with Crippen LogP contribution in [-0.4, -0.2) is 59.2 Å². The summed E-state index contributed by atoms with van der Waals surface area (Å²) in [5.41, 5.74) is -0.564. The Hall–Kier alpha value is -2.45. The quantitative estimate of drug-likeness (QED) is 0.722. The van der Waals surface area contributed by atoms with Gasteiger partial charge in [-0.3, -0.25) is 24.0 Å². The van der Waals surface area contributed by atoms with Crippen LogP contribution >= 0.6 is 0 Å². The maximum absolute atomic E-state index is 12.6. The average molecular weight is 388 g/mol. The fraction of sp³-hybridized carbons (Fsp3) is 0.550. The van der Waals surface area contributed by atoms with Crippen LogP contribution in [0, 0.1) is 5.92 Å². The number of fused-ring (bicyclic) bond motifs is 1. The minimum Gasteiger partial charge on any atom is -0.379 e. The van der Waals surface area contributed by atoms with Crippen molar-refractivity contribution in [3.8, 4) is 0 Å². The first kappa shape index (κ1) is 20.3. The van der Waals surface area contributed by atoms with Crippen molar-refractivity contribution < 1.29 is 9.53 Å². The van der Waals surface area contributed by atoms with Crippen LogP contribution in [0.4, 0.5) is 0 Å². The summed E-state index contributed by atoms with van der Waals surface area (Å²) in [6.07, 6.45) is 0.974. The Kier molecular flexibility index (Phi) is 6.64. The van der Waals surface area contributed by atoms with Crippen molar-refractivity contribution in [2.45, 2.75) is 32.9 Å². The molecule has 1 aliphatic heterocycles. The van der Waals surface area contributed by atoms with Gasteiger partial charge < -0.3 is 10.1 Å². The zero-order chi connectivity index (χ0) is 20.1. The first-order valence-electron chi connectivity index (χ1n) is 9.76. The molecule has 0 saturated carbocycles. The molecule has 1 aliphatic rings. The number of morpholine rings is 1. The second-order valence-corrected chi connectivity index (χ2v) is 7.60. The summed E-state index contributed by atoms with van der Waals surface area (Å²) in [6, 6.07) is 7.02. The predicted octanol–water partition coefficient (Wildman–Crippen LogP) is 0.553. The van der Waals surface area contributed by atoms with Crippen LogP contribution in [0.25, 0.3) is 10.9 Å². The number of nitrogens with zero attached hydrogens (tertiary/aromatic N) is 2. The van der Waals surface area contributed by atoms with Gasteiger partial charge in [0.15, 0.2) is 0 Å². The number of ether oxygens (including phenoxy) is 1. The minimum absolute atomic E-state index is 0.131. The van der Waals surface area contributed by atoms with Crippen molar-refractivity contribution in [2.75, 3.05) is 32.8 Å². The lowest BCUT2D eigenvalue weighted by Crippen LogP contribution is -2.50. The van der Waals surface area contributed by atoms with E-state index >= 15 is 0 Å². The third kappa shape index (κ3) is 4.88. The first-order chi connectivity index (χ1) is 13.5. The van der Waals surface area contributed by atoms with E-state index in [2.05, 4.69) is 29.0 Å². The number of benzene rings is 1. The molecule has 8 nitrogen and oxygen atoms in total. The Morgan fingerprint density at radius 1 is 1.21 bits per heavy atom. The number of aromatic nitrogens is 2. The largest absolute Gasteiger partial charge is 0.379 e. The van der Waals surface area contributed by atoms with Crippen molar-refractivity contribution in [2.24, 2.45) is 5.92 Å². The molecule has 1 atom stereocenters. The molecule has 0 bridgehead atoms. The van der Waals surface area contributed by atoms with Crippen LogP contribution < -0.4 is 16.6 Å². The molecule has 2 aromatic rings. The van der Waals surface area contributed by atoms with Crippen LogP contribution in [0.15, 0.2) is 33.9 Å². The van der Waals surface area contributed by atoms with Crippen LogP contribution in [-0.2, 0) is 16.1 Å². The second-order valence-electron chi connectivity index (χ2n) is 7.60. The number of rotatable bonds is 7. The third-order valence-electron chi connectivity index (χ3n) is 5.05. The molecule has 3 rings (SSSR count). The summed E-state index contributed by atoms with van der Waals surface area (Å²) in [5.74, 6) is 0.261. The maximum atomic E-state index is 12.6. The molecule has 0 spiro atoms. The lowest BCUT2D eigenvalue weighted by atomic mass is 10.0. The standard InChI is InChI=1S/C20H28N4O4/c1-14(2)11-15(23-7-9-28-10-8-23)12-21-18(25)13-24-17-6-4-3-5-16(17)19(26)22-20(24)27/h3-6,14-15H,7-13H2,1-2H3,(H,21,25)(H,22,26,27). The molecule has 152 valence electrons. The number of amides is 1. The molecule has 0 aliphatic carbocycles. The Morgan fingerprint density at radius 2 is 1.93 bits per heavy atom. The van der Waals surface area contributed by atoms with Gasteiger partial charge in [0.1, 0.15) is 6.54 Å². The fourth-order valence-corrected chi connectivity index (χ4v) is 3.68. The van der Waals surface area contributed by atoms with Gasteiger partial charge in [-0.2, -0.15) is 0 Å². The lowest BCUT2D eigenvalue weighted by Gasteiger charge is -2.35. The molecule has 1 unspecified atom stereocenters. The molecule has 1 saturated heterocycles. The first-order valence-corrected chi connectivity index (χ1v) is 9.76. The highest BCUT2D eigenvalue weighted by Crippen LogP contribution is 2.13. The molecular weight excluding hydrogens is 360 g/mol. The Morgan fingerprint density at radius 3 is 2.64 bits per heavy atom. The van der Waals surface area contributed by atoms with Gasteiger partial charge in [-0.05, 0) is 24.5 Å².